The summed E-state index contributed by atoms with van der Waals surface area (Å²) in [5, 5.41) is 23.0. The van der Waals surface area contributed by atoms with Crippen LogP contribution in [0.4, 0.5) is 0 Å². The van der Waals surface area contributed by atoms with E-state index in [1.807, 2.05) is 6.08 Å². The molecular formula is C74H137NO5. The van der Waals surface area contributed by atoms with Gasteiger partial charge in [0.25, 0.3) is 0 Å². The maximum Gasteiger partial charge on any atom is 0.305 e. The third kappa shape index (κ3) is 64.7. The van der Waals surface area contributed by atoms with Crippen molar-refractivity contribution in [1.82, 2.24) is 5.32 Å². The number of aliphatic hydroxyl groups excluding tert-OH is 2. The van der Waals surface area contributed by atoms with Crippen molar-refractivity contribution < 1.29 is 24.5 Å². The summed E-state index contributed by atoms with van der Waals surface area (Å²) in [4.78, 5) is 24.5. The Balaban J connectivity index is 3.36. The molecule has 0 bridgehead atoms. The maximum absolute atomic E-state index is 12.4. The number of nitrogens with one attached hydrogen (secondary N) is 1. The maximum atomic E-state index is 12.4. The number of unbranched alkanes of at least 4 members (excludes halogenated alkanes) is 47. The average molecular weight is 1120 g/mol. The molecule has 0 saturated heterocycles. The summed E-state index contributed by atoms with van der Waals surface area (Å²) >= 11 is 0. The largest absolute Gasteiger partial charge is 0.466 e. The number of hydrogen-bond acceptors (Lipinski definition) is 5. The predicted octanol–water partition coefficient (Wildman–Crippen LogP) is 23.0. The summed E-state index contributed by atoms with van der Waals surface area (Å²) in [6.07, 6.45) is 91.8. The number of allylic oxidation sites excluding steroid dienone is 9. The van der Waals surface area contributed by atoms with E-state index in [1.165, 1.54) is 289 Å². The van der Waals surface area contributed by atoms with Gasteiger partial charge < -0.3 is 20.3 Å². The van der Waals surface area contributed by atoms with E-state index in [4.69, 9.17) is 4.74 Å². The van der Waals surface area contributed by atoms with Crippen LogP contribution in [-0.2, 0) is 14.3 Å². The van der Waals surface area contributed by atoms with E-state index in [0.717, 1.165) is 57.8 Å². The number of amides is 1. The summed E-state index contributed by atoms with van der Waals surface area (Å²) in [7, 11) is 0. The Morgan fingerprint density at radius 2 is 0.625 bits per heavy atom. The SMILES string of the molecule is CCCCCC/C=C\C/C=C\CCCCCCCCCC(=O)OCCCCCCCCCCCCC/C=C\C/C=C\CCCCCCCCCCCCCCCCCCCC(=O)NC(CO)C(O)/C=C/CCCCCCCCCC. The van der Waals surface area contributed by atoms with Gasteiger partial charge in [0.1, 0.15) is 0 Å². The van der Waals surface area contributed by atoms with Gasteiger partial charge in [-0.2, -0.15) is 0 Å². The zero-order valence-electron chi connectivity index (χ0n) is 53.6. The van der Waals surface area contributed by atoms with Gasteiger partial charge in [0.15, 0.2) is 0 Å². The van der Waals surface area contributed by atoms with Crippen molar-refractivity contribution >= 4 is 11.9 Å². The standard InChI is InChI=1S/C74H137NO5/c1-3-5-7-9-11-13-15-16-17-18-39-42-45-48-52-56-60-64-68-74(79)80-69-65-61-57-53-49-46-43-40-37-35-33-31-29-27-25-23-21-19-20-22-24-26-28-30-32-34-36-38-41-44-47-51-55-59-63-67-73(78)75-71(70-76)72(77)66-62-58-54-50-14-12-10-8-6-4-2/h13,15,17-18,21,23,27,29,62,66,71-72,76-77H,3-12,14,16,19-20,22,24-26,28,30-61,63-65,67-70H2,1-2H3,(H,75,78)/b15-13-,18-17-,23-21-,29-27-,66-62+. The van der Waals surface area contributed by atoms with E-state index in [-0.39, 0.29) is 18.5 Å². The molecule has 2 unspecified atom stereocenters. The molecule has 6 heteroatoms. The van der Waals surface area contributed by atoms with Gasteiger partial charge in [0.05, 0.1) is 25.4 Å². The van der Waals surface area contributed by atoms with Crippen LogP contribution < -0.4 is 5.32 Å². The minimum absolute atomic E-state index is 0.00898. The molecular weight excluding hydrogens is 983 g/mol. The van der Waals surface area contributed by atoms with Crippen LogP contribution in [0.2, 0.25) is 0 Å². The summed E-state index contributed by atoms with van der Waals surface area (Å²) < 4.78 is 5.50. The molecule has 0 heterocycles. The fourth-order valence-electron chi connectivity index (χ4n) is 10.8. The number of hydrogen-bond donors (Lipinski definition) is 3. The van der Waals surface area contributed by atoms with Gasteiger partial charge in [-0.3, -0.25) is 9.59 Å². The Morgan fingerprint density at radius 3 is 0.963 bits per heavy atom. The monoisotopic (exact) mass is 1120 g/mol. The molecule has 0 spiro atoms. The lowest BCUT2D eigenvalue weighted by Crippen LogP contribution is -2.45. The number of rotatable bonds is 66. The van der Waals surface area contributed by atoms with Gasteiger partial charge in [-0.15, -0.1) is 0 Å². The summed E-state index contributed by atoms with van der Waals surface area (Å²) in [6, 6.07) is -0.625. The first-order chi connectivity index (χ1) is 39.5. The first-order valence-corrected chi connectivity index (χ1v) is 35.6. The van der Waals surface area contributed by atoms with E-state index in [1.54, 1.807) is 6.08 Å². The van der Waals surface area contributed by atoms with Crippen LogP contribution in [0.25, 0.3) is 0 Å². The zero-order chi connectivity index (χ0) is 57.8. The van der Waals surface area contributed by atoms with Gasteiger partial charge >= 0.3 is 5.97 Å². The molecule has 0 rings (SSSR count). The molecule has 468 valence electrons. The number of esters is 1. The number of aliphatic hydroxyl groups is 2. The van der Waals surface area contributed by atoms with Crippen molar-refractivity contribution in [2.45, 2.75) is 386 Å². The molecule has 1 amide bonds. The van der Waals surface area contributed by atoms with Crippen LogP contribution >= 0.6 is 0 Å². The molecule has 0 radical (unpaired) electrons. The number of carbonyl (C=O) groups is 2. The van der Waals surface area contributed by atoms with Crippen molar-refractivity contribution in [3.63, 3.8) is 0 Å². The van der Waals surface area contributed by atoms with Crippen LogP contribution in [0, 0.1) is 0 Å². The molecule has 0 aromatic rings. The Kier molecular flexibility index (Phi) is 66.9. The molecule has 0 aromatic carbocycles. The second-order valence-electron chi connectivity index (χ2n) is 24.2. The van der Waals surface area contributed by atoms with Crippen LogP contribution in [0.1, 0.15) is 373 Å². The Labute approximate surface area is 499 Å². The van der Waals surface area contributed by atoms with Crippen LogP contribution in [0.3, 0.4) is 0 Å². The summed E-state index contributed by atoms with van der Waals surface area (Å²) in [5.41, 5.74) is 0. The molecule has 0 aliphatic rings. The first kappa shape index (κ1) is 77.6. The summed E-state index contributed by atoms with van der Waals surface area (Å²) in [5.74, 6) is -0.0580. The lowest BCUT2D eigenvalue weighted by molar-refractivity contribution is -0.143. The van der Waals surface area contributed by atoms with Gasteiger partial charge in [-0.05, 0) is 96.3 Å². The molecule has 0 fully saturated rings. The molecule has 0 saturated carbocycles. The molecule has 6 nitrogen and oxygen atoms in total. The molecule has 2 atom stereocenters. The smallest absolute Gasteiger partial charge is 0.305 e. The van der Waals surface area contributed by atoms with Crippen LogP contribution in [0.15, 0.2) is 60.8 Å². The Morgan fingerprint density at radius 1 is 0.350 bits per heavy atom. The average Bonchev–Trinajstić information content (AvgIpc) is 3.46. The van der Waals surface area contributed by atoms with E-state index in [0.29, 0.717) is 19.4 Å². The highest BCUT2D eigenvalue weighted by Gasteiger charge is 2.18. The fourth-order valence-corrected chi connectivity index (χ4v) is 10.8. The second-order valence-corrected chi connectivity index (χ2v) is 24.2. The third-order valence-electron chi connectivity index (χ3n) is 16.3. The molecule has 0 aromatic heterocycles. The fraction of sp³-hybridized carbons (Fsp3) is 0.838. The molecule has 3 N–H and O–H groups in total. The number of ether oxygens (including phenoxy) is 1. The highest BCUT2D eigenvalue weighted by atomic mass is 16.5. The van der Waals surface area contributed by atoms with Crippen molar-refractivity contribution in [2.24, 2.45) is 0 Å². The first-order valence-electron chi connectivity index (χ1n) is 35.6. The van der Waals surface area contributed by atoms with Crippen molar-refractivity contribution in [3.8, 4) is 0 Å². The predicted molar refractivity (Wildman–Crippen MR) is 352 cm³/mol. The van der Waals surface area contributed by atoms with Gasteiger partial charge in [-0.25, -0.2) is 0 Å². The topological polar surface area (TPSA) is 95.9 Å². The van der Waals surface area contributed by atoms with Gasteiger partial charge in [0, 0.05) is 12.8 Å². The van der Waals surface area contributed by atoms with Crippen molar-refractivity contribution in [3.05, 3.63) is 60.8 Å². The second kappa shape index (κ2) is 69.1. The summed E-state index contributed by atoms with van der Waals surface area (Å²) in [6.45, 7) is 4.88. The molecule has 0 aliphatic heterocycles. The van der Waals surface area contributed by atoms with Crippen LogP contribution in [0.5, 0.6) is 0 Å². The normalized spacial score (nSPS) is 12.9. The lowest BCUT2D eigenvalue weighted by Gasteiger charge is -2.20. The lowest BCUT2D eigenvalue weighted by atomic mass is 10.0. The third-order valence-corrected chi connectivity index (χ3v) is 16.3. The number of carbonyl (C=O) groups excluding carboxylic acids is 2. The minimum atomic E-state index is -0.842. The Hall–Kier alpha value is -2.44. The quantitative estimate of drug-likeness (QED) is 0.0320. The van der Waals surface area contributed by atoms with E-state index in [9.17, 15) is 19.8 Å². The van der Waals surface area contributed by atoms with Crippen molar-refractivity contribution in [1.29, 1.82) is 0 Å². The van der Waals surface area contributed by atoms with Crippen molar-refractivity contribution in [2.75, 3.05) is 13.2 Å². The zero-order valence-corrected chi connectivity index (χ0v) is 53.6. The van der Waals surface area contributed by atoms with E-state index in [2.05, 4.69) is 67.8 Å². The molecule has 0 aliphatic carbocycles. The Bertz CT molecular complexity index is 1380. The highest BCUT2D eigenvalue weighted by Crippen LogP contribution is 2.18. The minimum Gasteiger partial charge on any atom is -0.466 e. The van der Waals surface area contributed by atoms with Gasteiger partial charge in [0.2, 0.25) is 5.91 Å². The van der Waals surface area contributed by atoms with E-state index < -0.39 is 12.1 Å². The van der Waals surface area contributed by atoms with E-state index >= 15 is 0 Å². The van der Waals surface area contributed by atoms with Crippen LogP contribution in [-0.4, -0.2) is 47.4 Å². The molecule has 80 heavy (non-hydrogen) atoms. The van der Waals surface area contributed by atoms with Gasteiger partial charge in [-0.1, -0.05) is 325 Å². The highest BCUT2D eigenvalue weighted by molar-refractivity contribution is 5.76.